The average Bonchev–Trinajstić information content (AvgIpc) is 3.16. The number of hydrogen-bond acceptors (Lipinski definition) is 4. The van der Waals surface area contributed by atoms with Crippen LogP contribution in [0.2, 0.25) is 0 Å². The molecule has 2 rings (SSSR count). The molecule has 0 heterocycles. The van der Waals surface area contributed by atoms with Crippen LogP contribution >= 0.6 is 0 Å². The number of nitro groups is 1. The monoisotopic (exact) mass is 286 g/mol. The maximum atomic E-state index is 13.5. The van der Waals surface area contributed by atoms with Gasteiger partial charge in [-0.05, 0) is 12.8 Å². The third-order valence-electron chi connectivity index (χ3n) is 3.39. The Labute approximate surface area is 112 Å². The molecule has 1 fully saturated rings. The molecule has 0 unspecified atom stereocenters. The van der Waals surface area contributed by atoms with Gasteiger partial charge >= 0.3 is 5.69 Å². The molecule has 1 aromatic carbocycles. The zero-order valence-corrected chi connectivity index (χ0v) is 10.4. The Balaban J connectivity index is 2.17. The van der Waals surface area contributed by atoms with Gasteiger partial charge in [-0.1, -0.05) is 0 Å². The summed E-state index contributed by atoms with van der Waals surface area (Å²) < 4.78 is 26.6. The van der Waals surface area contributed by atoms with E-state index in [1.807, 2.05) is 0 Å². The summed E-state index contributed by atoms with van der Waals surface area (Å²) in [5.74, 6) is -3.37. The molecule has 1 aliphatic carbocycles. The van der Waals surface area contributed by atoms with Crippen molar-refractivity contribution < 1.29 is 23.6 Å². The number of halogens is 2. The maximum Gasteiger partial charge on any atom is 0.305 e. The first-order chi connectivity index (χ1) is 9.38. The summed E-state index contributed by atoms with van der Waals surface area (Å²) in [6, 6.07) is 0.879. The number of rotatable bonds is 5. The first-order valence-corrected chi connectivity index (χ1v) is 5.91. The molecule has 108 valence electrons. The van der Waals surface area contributed by atoms with Gasteiger partial charge in [-0.2, -0.15) is 4.39 Å². The van der Waals surface area contributed by atoms with Crippen molar-refractivity contribution in [2.24, 2.45) is 5.41 Å². The van der Waals surface area contributed by atoms with Crippen LogP contribution in [-0.2, 0) is 0 Å². The maximum absolute atomic E-state index is 13.5. The van der Waals surface area contributed by atoms with Crippen molar-refractivity contribution in [3.63, 3.8) is 0 Å². The van der Waals surface area contributed by atoms with Crippen LogP contribution < -0.4 is 5.32 Å². The van der Waals surface area contributed by atoms with Crippen molar-refractivity contribution in [3.8, 4) is 0 Å². The number of aliphatic hydroxyl groups is 1. The smallest absolute Gasteiger partial charge is 0.305 e. The highest BCUT2D eigenvalue weighted by atomic mass is 19.1. The van der Waals surface area contributed by atoms with E-state index in [2.05, 4.69) is 5.32 Å². The second-order valence-corrected chi connectivity index (χ2v) is 4.88. The lowest BCUT2D eigenvalue weighted by Crippen LogP contribution is -2.32. The Bertz CT molecular complexity index is 573. The predicted octanol–water partition coefficient (Wildman–Crippen LogP) is 1.38. The molecule has 1 saturated carbocycles. The second kappa shape index (κ2) is 5.12. The highest BCUT2D eigenvalue weighted by Gasteiger charge is 2.42. The van der Waals surface area contributed by atoms with Gasteiger partial charge in [0.05, 0.1) is 17.1 Å². The summed E-state index contributed by atoms with van der Waals surface area (Å²) in [6.07, 6.45) is 1.49. The highest BCUT2D eigenvalue weighted by Crippen LogP contribution is 2.44. The van der Waals surface area contributed by atoms with Crippen molar-refractivity contribution in [2.45, 2.75) is 12.8 Å². The number of carbonyl (C=O) groups is 1. The predicted molar refractivity (Wildman–Crippen MR) is 64.1 cm³/mol. The van der Waals surface area contributed by atoms with Crippen molar-refractivity contribution in [3.05, 3.63) is 39.4 Å². The van der Waals surface area contributed by atoms with Gasteiger partial charge in [-0.25, -0.2) is 4.39 Å². The summed E-state index contributed by atoms with van der Waals surface area (Å²) in [5, 5.41) is 22.0. The number of nitrogens with zero attached hydrogens (tertiary/aromatic N) is 1. The van der Waals surface area contributed by atoms with Gasteiger partial charge in [0, 0.05) is 24.1 Å². The van der Waals surface area contributed by atoms with E-state index in [1.54, 1.807) is 0 Å². The number of hydrogen-bond donors (Lipinski definition) is 2. The van der Waals surface area contributed by atoms with Crippen LogP contribution in [0.4, 0.5) is 14.5 Å². The van der Waals surface area contributed by atoms with Crippen LogP contribution in [0.15, 0.2) is 12.1 Å². The van der Waals surface area contributed by atoms with Gasteiger partial charge in [-0.3, -0.25) is 14.9 Å². The standard InChI is InChI=1S/C12H12F2N2O4/c13-8-4-9(14)10(16(19)20)3-7(8)11(18)15-5-12(6-17)1-2-12/h3-4,17H,1-2,5-6H2,(H,15,18). The molecule has 0 aromatic heterocycles. The molecule has 1 amide bonds. The lowest BCUT2D eigenvalue weighted by molar-refractivity contribution is -0.387. The van der Waals surface area contributed by atoms with E-state index in [1.165, 1.54) is 0 Å². The molecule has 2 N–H and O–H groups in total. The second-order valence-electron chi connectivity index (χ2n) is 4.88. The quantitative estimate of drug-likeness (QED) is 0.631. The first-order valence-electron chi connectivity index (χ1n) is 5.91. The molecule has 0 radical (unpaired) electrons. The van der Waals surface area contributed by atoms with Crippen molar-refractivity contribution in [1.29, 1.82) is 0 Å². The molecule has 0 spiro atoms. The van der Waals surface area contributed by atoms with Gasteiger partial charge in [0.1, 0.15) is 5.82 Å². The van der Waals surface area contributed by atoms with E-state index in [9.17, 15) is 23.7 Å². The van der Waals surface area contributed by atoms with E-state index in [-0.39, 0.29) is 18.6 Å². The molecule has 6 nitrogen and oxygen atoms in total. The average molecular weight is 286 g/mol. The topological polar surface area (TPSA) is 92.5 Å². The minimum Gasteiger partial charge on any atom is -0.396 e. The number of nitro benzene ring substituents is 1. The van der Waals surface area contributed by atoms with Crippen molar-refractivity contribution in [2.75, 3.05) is 13.2 Å². The Hall–Kier alpha value is -2.09. The lowest BCUT2D eigenvalue weighted by atomic mass is 10.1. The van der Waals surface area contributed by atoms with E-state index in [4.69, 9.17) is 5.11 Å². The Kier molecular flexibility index (Phi) is 3.67. The van der Waals surface area contributed by atoms with Crippen molar-refractivity contribution in [1.82, 2.24) is 5.32 Å². The van der Waals surface area contributed by atoms with Crippen LogP contribution in [0, 0.1) is 27.2 Å². The van der Waals surface area contributed by atoms with E-state index < -0.39 is 33.7 Å². The number of aliphatic hydroxyl groups excluding tert-OH is 1. The van der Waals surface area contributed by atoms with Gasteiger partial charge in [-0.15, -0.1) is 0 Å². The fourth-order valence-corrected chi connectivity index (χ4v) is 1.78. The minimum absolute atomic E-state index is 0.0979. The van der Waals surface area contributed by atoms with E-state index in [0.29, 0.717) is 12.1 Å². The normalized spacial score (nSPS) is 15.8. The van der Waals surface area contributed by atoms with E-state index in [0.717, 1.165) is 12.8 Å². The Morgan fingerprint density at radius 1 is 1.40 bits per heavy atom. The summed E-state index contributed by atoms with van der Waals surface area (Å²) in [6.45, 7) is 0.0479. The lowest BCUT2D eigenvalue weighted by Gasteiger charge is -2.13. The summed E-state index contributed by atoms with van der Waals surface area (Å²) in [5.41, 5.74) is -1.93. The fraction of sp³-hybridized carbons (Fsp3) is 0.417. The fourth-order valence-electron chi connectivity index (χ4n) is 1.78. The summed E-state index contributed by atoms with van der Waals surface area (Å²) in [4.78, 5) is 21.3. The molecule has 20 heavy (non-hydrogen) atoms. The number of amides is 1. The Morgan fingerprint density at radius 3 is 2.55 bits per heavy atom. The third-order valence-corrected chi connectivity index (χ3v) is 3.39. The zero-order chi connectivity index (χ0) is 14.9. The number of nitrogens with one attached hydrogen (secondary N) is 1. The molecular weight excluding hydrogens is 274 g/mol. The van der Waals surface area contributed by atoms with Crippen LogP contribution in [0.25, 0.3) is 0 Å². The third kappa shape index (κ3) is 2.74. The molecule has 0 saturated heterocycles. The minimum atomic E-state index is -1.34. The van der Waals surface area contributed by atoms with Crippen LogP contribution in [-0.4, -0.2) is 29.1 Å². The first kappa shape index (κ1) is 14.3. The van der Waals surface area contributed by atoms with Gasteiger partial charge in [0.2, 0.25) is 5.82 Å². The molecule has 0 aliphatic heterocycles. The zero-order valence-electron chi connectivity index (χ0n) is 10.4. The SMILES string of the molecule is O=C(NCC1(CO)CC1)c1cc([N+](=O)[O-])c(F)cc1F. The molecular formula is C12H12F2N2O4. The number of carbonyl (C=O) groups excluding carboxylic acids is 1. The summed E-state index contributed by atoms with van der Waals surface area (Å²) >= 11 is 0. The van der Waals surface area contributed by atoms with Gasteiger partial charge in [0.25, 0.3) is 5.91 Å². The largest absolute Gasteiger partial charge is 0.396 e. The number of benzene rings is 1. The highest BCUT2D eigenvalue weighted by molar-refractivity contribution is 5.95. The van der Waals surface area contributed by atoms with Crippen molar-refractivity contribution >= 4 is 11.6 Å². The van der Waals surface area contributed by atoms with Gasteiger partial charge in [0.15, 0.2) is 0 Å². The molecule has 8 heteroatoms. The summed E-state index contributed by atoms with van der Waals surface area (Å²) in [7, 11) is 0. The Morgan fingerprint density at radius 2 is 2.05 bits per heavy atom. The van der Waals surface area contributed by atoms with Crippen LogP contribution in [0.1, 0.15) is 23.2 Å². The molecule has 1 aliphatic rings. The van der Waals surface area contributed by atoms with Crippen LogP contribution in [0.5, 0.6) is 0 Å². The molecule has 0 atom stereocenters. The molecule has 1 aromatic rings. The molecule has 0 bridgehead atoms. The van der Waals surface area contributed by atoms with E-state index >= 15 is 0 Å². The van der Waals surface area contributed by atoms with Gasteiger partial charge < -0.3 is 10.4 Å². The van der Waals surface area contributed by atoms with Crippen LogP contribution in [0.3, 0.4) is 0 Å².